The number of hydrogen-bond acceptors (Lipinski definition) is 8. The number of nitrogens with one attached hydrogen (secondary N) is 1. The lowest BCUT2D eigenvalue weighted by Gasteiger charge is -2.26. The summed E-state index contributed by atoms with van der Waals surface area (Å²) >= 11 is 0. The number of carbonyl (C=O) groups is 1. The van der Waals surface area contributed by atoms with Gasteiger partial charge in [-0.25, -0.2) is 19.7 Å². The van der Waals surface area contributed by atoms with E-state index in [0.717, 1.165) is 28.7 Å². The van der Waals surface area contributed by atoms with Crippen LogP contribution in [0.4, 0.5) is 5.69 Å². The molecule has 35 heavy (non-hydrogen) atoms. The Morgan fingerprint density at radius 3 is 2.49 bits per heavy atom. The van der Waals surface area contributed by atoms with Gasteiger partial charge in [-0.1, -0.05) is 55.5 Å². The van der Waals surface area contributed by atoms with E-state index >= 15 is 0 Å². The topological polar surface area (TPSA) is 134 Å². The Labute approximate surface area is 200 Å². The first-order chi connectivity index (χ1) is 17.2. The smallest absolute Gasteiger partial charge is 0.339 e. The van der Waals surface area contributed by atoms with Gasteiger partial charge in [0.15, 0.2) is 5.65 Å². The van der Waals surface area contributed by atoms with Crippen LogP contribution in [0.25, 0.3) is 33.7 Å². The molecule has 0 aliphatic rings. The zero-order valence-electron chi connectivity index (χ0n) is 19.0. The Kier molecular flexibility index (Phi) is 6.08. The van der Waals surface area contributed by atoms with E-state index in [0.29, 0.717) is 35.8 Å². The van der Waals surface area contributed by atoms with Crippen LogP contribution in [0, 0.1) is 0 Å². The summed E-state index contributed by atoms with van der Waals surface area (Å²) in [7, 11) is 0. The summed E-state index contributed by atoms with van der Waals surface area (Å²) in [5.41, 5.74) is 5.46. The van der Waals surface area contributed by atoms with E-state index in [-0.39, 0.29) is 5.56 Å². The molecule has 10 nitrogen and oxygen atoms in total. The minimum atomic E-state index is -1.05. The lowest BCUT2D eigenvalue weighted by atomic mass is 9.98. The average Bonchev–Trinajstić information content (AvgIpc) is 3.43. The molecule has 0 saturated heterocycles. The van der Waals surface area contributed by atoms with Crippen molar-refractivity contribution in [2.45, 2.75) is 19.9 Å². The second-order valence-corrected chi connectivity index (χ2v) is 7.95. The first kappa shape index (κ1) is 22.1. The fourth-order valence-corrected chi connectivity index (χ4v) is 4.14. The highest BCUT2D eigenvalue weighted by Crippen LogP contribution is 2.32. The molecule has 0 fully saturated rings. The molecule has 0 radical (unpaired) electrons. The maximum atomic E-state index is 12.0. The van der Waals surface area contributed by atoms with Crippen molar-refractivity contribution in [3.05, 3.63) is 78.2 Å². The van der Waals surface area contributed by atoms with Crippen LogP contribution in [0.3, 0.4) is 0 Å². The Hall–Kier alpha value is -4.73. The molecule has 5 rings (SSSR count). The number of rotatable bonds is 8. The molecule has 174 valence electrons. The number of fused-ring (bicyclic) bond motifs is 1. The second kappa shape index (κ2) is 9.64. The summed E-state index contributed by atoms with van der Waals surface area (Å²) in [5, 5.41) is 24.2. The number of carboxylic acids is 1. The molecule has 2 aromatic carbocycles. The minimum absolute atomic E-state index is 0.108. The predicted octanol–water partition coefficient (Wildman–Crippen LogP) is 3.99. The molecule has 2 N–H and O–H groups in total. The van der Waals surface area contributed by atoms with E-state index < -0.39 is 5.97 Å². The van der Waals surface area contributed by atoms with Crippen LogP contribution in [0.2, 0.25) is 0 Å². The molecule has 0 aliphatic heterocycles. The van der Waals surface area contributed by atoms with Crippen molar-refractivity contribution in [1.82, 2.24) is 35.6 Å². The van der Waals surface area contributed by atoms with Gasteiger partial charge in [0.2, 0.25) is 5.82 Å². The van der Waals surface area contributed by atoms with Gasteiger partial charge in [-0.15, -0.1) is 10.2 Å². The standard InChI is InChI=1S/C25H22N8O2/c1-2-13-33(22-20(25(34)35)14-28-24-21(22)26-11-12-27-24)15-16-7-9-17(10-8-16)18-5-3-4-6-19(18)23-29-31-32-30-23/h3-12,14H,2,13,15H2,1H3,(H,34,35)(H,29,30,31,32). The Bertz CT molecular complexity index is 1470. The van der Waals surface area contributed by atoms with Crippen molar-refractivity contribution >= 4 is 22.8 Å². The number of hydrogen-bond donors (Lipinski definition) is 2. The van der Waals surface area contributed by atoms with Gasteiger partial charge in [0.1, 0.15) is 11.1 Å². The van der Waals surface area contributed by atoms with Crippen molar-refractivity contribution in [3.8, 4) is 22.5 Å². The van der Waals surface area contributed by atoms with Gasteiger partial charge in [0.05, 0.1) is 5.69 Å². The van der Waals surface area contributed by atoms with E-state index in [1.165, 1.54) is 6.20 Å². The maximum absolute atomic E-state index is 12.0. The normalized spacial score (nSPS) is 11.0. The number of tetrazole rings is 1. The molecule has 0 saturated carbocycles. The summed E-state index contributed by atoms with van der Waals surface area (Å²) in [5.74, 6) is -0.514. The lowest BCUT2D eigenvalue weighted by molar-refractivity contribution is 0.0697. The summed E-state index contributed by atoms with van der Waals surface area (Å²) < 4.78 is 0. The molecule has 0 unspecified atom stereocenters. The van der Waals surface area contributed by atoms with E-state index in [9.17, 15) is 9.90 Å². The molecular weight excluding hydrogens is 444 g/mol. The van der Waals surface area contributed by atoms with Gasteiger partial charge in [-0.3, -0.25) is 0 Å². The molecule has 0 bridgehead atoms. The Morgan fingerprint density at radius 1 is 1.00 bits per heavy atom. The fraction of sp³-hybridized carbons (Fsp3) is 0.160. The van der Waals surface area contributed by atoms with Gasteiger partial charge in [0, 0.05) is 37.2 Å². The van der Waals surface area contributed by atoms with Crippen LogP contribution in [-0.2, 0) is 6.54 Å². The number of aromatic carboxylic acids is 1. The van der Waals surface area contributed by atoms with Crippen molar-refractivity contribution in [2.75, 3.05) is 11.4 Å². The maximum Gasteiger partial charge on any atom is 0.339 e. The summed E-state index contributed by atoms with van der Waals surface area (Å²) in [6, 6.07) is 16.1. The molecule has 5 aromatic rings. The molecule has 0 spiro atoms. The van der Waals surface area contributed by atoms with Crippen LogP contribution in [0.5, 0.6) is 0 Å². The third-order valence-corrected chi connectivity index (χ3v) is 5.67. The zero-order chi connectivity index (χ0) is 24.2. The highest BCUT2D eigenvalue weighted by molar-refractivity contribution is 6.02. The van der Waals surface area contributed by atoms with Crippen LogP contribution in [-0.4, -0.2) is 53.2 Å². The van der Waals surface area contributed by atoms with E-state index in [1.807, 2.05) is 53.4 Å². The highest BCUT2D eigenvalue weighted by atomic mass is 16.4. The first-order valence-electron chi connectivity index (χ1n) is 11.2. The molecule has 0 aliphatic carbocycles. The fourth-order valence-electron chi connectivity index (χ4n) is 4.14. The largest absolute Gasteiger partial charge is 0.478 e. The number of H-pyrrole nitrogens is 1. The van der Waals surface area contributed by atoms with Crippen molar-refractivity contribution in [2.24, 2.45) is 0 Å². The van der Waals surface area contributed by atoms with Crippen LogP contribution in [0.15, 0.2) is 67.1 Å². The molecule has 3 aromatic heterocycles. The zero-order valence-corrected chi connectivity index (χ0v) is 19.0. The Morgan fingerprint density at radius 2 is 1.77 bits per heavy atom. The quantitative estimate of drug-likeness (QED) is 0.348. The average molecular weight is 467 g/mol. The van der Waals surface area contributed by atoms with Gasteiger partial charge in [-0.2, -0.15) is 5.21 Å². The van der Waals surface area contributed by atoms with Crippen molar-refractivity contribution < 1.29 is 9.90 Å². The van der Waals surface area contributed by atoms with Crippen molar-refractivity contribution in [1.29, 1.82) is 0 Å². The van der Waals surface area contributed by atoms with E-state index in [1.54, 1.807) is 12.4 Å². The van der Waals surface area contributed by atoms with Gasteiger partial charge < -0.3 is 10.0 Å². The molecule has 0 atom stereocenters. The second-order valence-electron chi connectivity index (χ2n) is 7.95. The van der Waals surface area contributed by atoms with E-state index in [2.05, 4.69) is 42.5 Å². The monoisotopic (exact) mass is 466 g/mol. The molecule has 10 heteroatoms. The highest BCUT2D eigenvalue weighted by Gasteiger charge is 2.22. The summed E-state index contributed by atoms with van der Waals surface area (Å²) in [4.78, 5) is 26.9. The van der Waals surface area contributed by atoms with Crippen LogP contribution >= 0.6 is 0 Å². The number of aromatic nitrogens is 7. The van der Waals surface area contributed by atoms with Gasteiger partial charge in [0.25, 0.3) is 0 Å². The van der Waals surface area contributed by atoms with Crippen LogP contribution < -0.4 is 4.90 Å². The number of aromatic amines is 1. The molecular formula is C25H22N8O2. The van der Waals surface area contributed by atoms with Gasteiger partial charge >= 0.3 is 5.97 Å². The molecule has 3 heterocycles. The molecule has 0 amide bonds. The number of benzene rings is 2. The lowest BCUT2D eigenvalue weighted by Crippen LogP contribution is -2.26. The SMILES string of the molecule is CCCN(Cc1ccc(-c2ccccc2-c2nn[nH]n2)cc1)c1c(C(=O)O)cnc2nccnc12. The first-order valence-corrected chi connectivity index (χ1v) is 11.2. The predicted molar refractivity (Wildman–Crippen MR) is 131 cm³/mol. The number of pyridine rings is 1. The Balaban J connectivity index is 1.50. The third-order valence-electron chi connectivity index (χ3n) is 5.67. The van der Waals surface area contributed by atoms with Gasteiger partial charge in [-0.05, 0) is 28.3 Å². The van der Waals surface area contributed by atoms with E-state index in [4.69, 9.17) is 0 Å². The van der Waals surface area contributed by atoms with Crippen LogP contribution in [0.1, 0.15) is 29.3 Å². The number of carboxylic acid groups (broad SMARTS) is 1. The van der Waals surface area contributed by atoms with Crippen molar-refractivity contribution in [3.63, 3.8) is 0 Å². The summed E-state index contributed by atoms with van der Waals surface area (Å²) in [6.07, 6.45) is 5.29. The summed E-state index contributed by atoms with van der Waals surface area (Å²) in [6.45, 7) is 3.22. The third kappa shape index (κ3) is 4.41. The minimum Gasteiger partial charge on any atom is -0.478 e. The number of anilines is 1. The number of nitrogens with zero attached hydrogens (tertiary/aromatic N) is 7.